The number of piperidine rings is 1. The fourth-order valence-corrected chi connectivity index (χ4v) is 3.21. The van der Waals surface area contributed by atoms with E-state index in [0.29, 0.717) is 29.8 Å². The maximum atomic E-state index is 12.5. The Bertz CT molecular complexity index is 713. The molecule has 0 spiro atoms. The highest BCUT2D eigenvalue weighted by Crippen LogP contribution is 2.20. The van der Waals surface area contributed by atoms with E-state index >= 15 is 0 Å². The van der Waals surface area contributed by atoms with Crippen molar-refractivity contribution >= 4 is 11.7 Å². The Labute approximate surface area is 148 Å². The first-order chi connectivity index (χ1) is 12.1. The number of ether oxygens (including phenoxy) is 1. The van der Waals surface area contributed by atoms with Crippen molar-refractivity contribution in [1.29, 1.82) is 0 Å². The van der Waals surface area contributed by atoms with Crippen molar-refractivity contribution < 1.29 is 9.53 Å². The van der Waals surface area contributed by atoms with E-state index in [1.54, 1.807) is 23.0 Å². The largest absolute Gasteiger partial charge is 0.491 e. The van der Waals surface area contributed by atoms with Gasteiger partial charge in [0, 0.05) is 31.9 Å². The Balaban J connectivity index is 1.59. The van der Waals surface area contributed by atoms with E-state index < -0.39 is 0 Å². The lowest BCUT2D eigenvalue weighted by atomic mass is 10.0. The first kappa shape index (κ1) is 17.5. The van der Waals surface area contributed by atoms with Crippen LogP contribution in [-0.2, 0) is 7.05 Å². The lowest BCUT2D eigenvalue weighted by molar-refractivity contribution is 0.101. The Hall–Kier alpha value is -2.34. The summed E-state index contributed by atoms with van der Waals surface area (Å²) >= 11 is 0. The summed E-state index contributed by atoms with van der Waals surface area (Å²) in [6.45, 7) is 4.87. The summed E-state index contributed by atoms with van der Waals surface area (Å²) in [7, 11) is 1.81. The quantitative estimate of drug-likeness (QED) is 0.877. The molecule has 1 aliphatic heterocycles. The standard InChI is InChI=1S/C19H26N4O2/c1-15-7-5-6-11-23(15)13-14-25-17-9-4-3-8-16(17)19(24)20-18-10-12-22(2)21-18/h3-4,8-10,12,15H,5-7,11,13-14H2,1-2H3,(H,20,21,24)/t15-/m1/s1. The average Bonchev–Trinajstić information content (AvgIpc) is 3.02. The zero-order chi connectivity index (χ0) is 17.6. The van der Waals surface area contributed by atoms with E-state index in [2.05, 4.69) is 22.2 Å². The van der Waals surface area contributed by atoms with Gasteiger partial charge in [0.1, 0.15) is 12.4 Å². The third-order valence-corrected chi connectivity index (χ3v) is 4.66. The van der Waals surface area contributed by atoms with Crippen LogP contribution < -0.4 is 10.1 Å². The monoisotopic (exact) mass is 342 g/mol. The van der Waals surface area contributed by atoms with Gasteiger partial charge >= 0.3 is 0 Å². The van der Waals surface area contributed by atoms with Gasteiger partial charge in [0.15, 0.2) is 5.82 Å². The highest BCUT2D eigenvalue weighted by Gasteiger charge is 2.18. The molecule has 1 aromatic heterocycles. The van der Waals surface area contributed by atoms with Gasteiger partial charge in [0.2, 0.25) is 0 Å². The summed E-state index contributed by atoms with van der Waals surface area (Å²) in [6, 6.07) is 9.71. The molecule has 25 heavy (non-hydrogen) atoms. The molecule has 1 N–H and O–H groups in total. The molecule has 0 saturated carbocycles. The van der Waals surface area contributed by atoms with Crippen molar-refractivity contribution in [2.75, 3.05) is 25.0 Å². The topological polar surface area (TPSA) is 59.4 Å². The minimum absolute atomic E-state index is 0.208. The number of aryl methyl sites for hydroxylation is 1. The van der Waals surface area contributed by atoms with Crippen LogP contribution in [0.2, 0.25) is 0 Å². The normalized spacial score (nSPS) is 18.1. The van der Waals surface area contributed by atoms with Crippen LogP contribution in [0.3, 0.4) is 0 Å². The van der Waals surface area contributed by atoms with Crippen molar-refractivity contribution in [2.45, 2.75) is 32.2 Å². The van der Waals surface area contributed by atoms with Gasteiger partial charge in [-0.2, -0.15) is 5.10 Å². The van der Waals surface area contributed by atoms with Gasteiger partial charge in [-0.1, -0.05) is 18.6 Å². The number of nitrogens with zero attached hydrogens (tertiary/aromatic N) is 3. The van der Waals surface area contributed by atoms with Gasteiger partial charge in [-0.15, -0.1) is 0 Å². The zero-order valence-electron chi connectivity index (χ0n) is 14.9. The Morgan fingerprint density at radius 1 is 1.32 bits per heavy atom. The number of anilines is 1. The van der Waals surface area contributed by atoms with Crippen molar-refractivity contribution in [3.05, 3.63) is 42.1 Å². The van der Waals surface area contributed by atoms with E-state index in [4.69, 9.17) is 4.74 Å². The smallest absolute Gasteiger partial charge is 0.260 e. The summed E-state index contributed by atoms with van der Waals surface area (Å²) in [4.78, 5) is 15.0. The van der Waals surface area contributed by atoms with E-state index in [-0.39, 0.29) is 5.91 Å². The molecule has 1 saturated heterocycles. The highest BCUT2D eigenvalue weighted by atomic mass is 16.5. The second-order valence-corrected chi connectivity index (χ2v) is 6.55. The molecule has 2 heterocycles. The molecule has 1 amide bonds. The number of nitrogens with one attached hydrogen (secondary N) is 1. The van der Waals surface area contributed by atoms with E-state index in [9.17, 15) is 4.79 Å². The molecule has 6 nitrogen and oxygen atoms in total. The number of carbonyl (C=O) groups is 1. The summed E-state index contributed by atoms with van der Waals surface area (Å²) < 4.78 is 7.57. The number of hydrogen-bond acceptors (Lipinski definition) is 4. The number of benzene rings is 1. The second kappa shape index (κ2) is 8.16. The van der Waals surface area contributed by atoms with Crippen LogP contribution in [0.1, 0.15) is 36.5 Å². The van der Waals surface area contributed by atoms with E-state index in [1.165, 1.54) is 19.3 Å². The minimum Gasteiger partial charge on any atom is -0.491 e. The molecule has 1 atom stereocenters. The summed E-state index contributed by atoms with van der Waals surface area (Å²) in [5.41, 5.74) is 0.528. The van der Waals surface area contributed by atoms with Crippen molar-refractivity contribution in [3.63, 3.8) is 0 Å². The van der Waals surface area contributed by atoms with Crippen LogP contribution >= 0.6 is 0 Å². The lowest BCUT2D eigenvalue weighted by Gasteiger charge is -2.33. The van der Waals surface area contributed by atoms with Crippen molar-refractivity contribution in [3.8, 4) is 5.75 Å². The van der Waals surface area contributed by atoms with E-state index in [1.807, 2.05) is 25.2 Å². The maximum Gasteiger partial charge on any atom is 0.260 e. The first-order valence-electron chi connectivity index (χ1n) is 8.90. The summed E-state index contributed by atoms with van der Waals surface area (Å²) in [5.74, 6) is 0.936. The number of rotatable bonds is 6. The first-order valence-corrected chi connectivity index (χ1v) is 8.90. The van der Waals surface area contributed by atoms with Gasteiger partial charge in [-0.25, -0.2) is 0 Å². The van der Waals surface area contributed by atoms with Crippen molar-refractivity contribution in [1.82, 2.24) is 14.7 Å². The molecule has 1 aliphatic rings. The van der Waals surface area contributed by atoms with Crippen LogP contribution in [0.25, 0.3) is 0 Å². The molecule has 0 bridgehead atoms. The maximum absolute atomic E-state index is 12.5. The molecular formula is C19H26N4O2. The van der Waals surface area contributed by atoms with Gasteiger partial charge in [-0.05, 0) is 38.4 Å². The number of carbonyl (C=O) groups excluding carboxylic acids is 1. The number of aromatic nitrogens is 2. The molecule has 0 aliphatic carbocycles. The Morgan fingerprint density at radius 3 is 2.92 bits per heavy atom. The number of para-hydroxylation sites is 1. The van der Waals surface area contributed by atoms with Gasteiger partial charge in [0.25, 0.3) is 5.91 Å². The molecule has 3 rings (SSSR count). The highest BCUT2D eigenvalue weighted by molar-refractivity contribution is 6.05. The predicted octanol–water partition coefficient (Wildman–Crippen LogP) is 2.93. The molecular weight excluding hydrogens is 316 g/mol. The summed E-state index contributed by atoms with van der Waals surface area (Å²) in [6.07, 6.45) is 5.61. The fourth-order valence-electron chi connectivity index (χ4n) is 3.21. The third-order valence-electron chi connectivity index (χ3n) is 4.66. The SMILES string of the molecule is C[C@@H]1CCCCN1CCOc1ccccc1C(=O)Nc1ccn(C)n1. The molecule has 1 aromatic carbocycles. The average molecular weight is 342 g/mol. The zero-order valence-corrected chi connectivity index (χ0v) is 14.9. The van der Waals surface area contributed by atoms with Gasteiger partial charge < -0.3 is 10.1 Å². The molecule has 0 unspecified atom stereocenters. The second-order valence-electron chi connectivity index (χ2n) is 6.55. The lowest BCUT2D eigenvalue weighted by Crippen LogP contribution is -2.40. The predicted molar refractivity (Wildman–Crippen MR) is 98.0 cm³/mol. The molecule has 134 valence electrons. The van der Waals surface area contributed by atoms with Crippen LogP contribution in [0.4, 0.5) is 5.82 Å². The van der Waals surface area contributed by atoms with Crippen molar-refractivity contribution in [2.24, 2.45) is 7.05 Å². The van der Waals surface area contributed by atoms with Gasteiger partial charge in [-0.3, -0.25) is 14.4 Å². The number of hydrogen-bond donors (Lipinski definition) is 1. The van der Waals surface area contributed by atoms with E-state index in [0.717, 1.165) is 13.1 Å². The van der Waals surface area contributed by atoms with Crippen LogP contribution in [0, 0.1) is 0 Å². The van der Waals surface area contributed by atoms with Gasteiger partial charge in [0.05, 0.1) is 5.56 Å². The van der Waals surface area contributed by atoms with Crippen LogP contribution in [0.5, 0.6) is 5.75 Å². The molecule has 6 heteroatoms. The minimum atomic E-state index is -0.208. The molecule has 0 radical (unpaired) electrons. The molecule has 1 fully saturated rings. The Kier molecular flexibility index (Phi) is 5.71. The summed E-state index contributed by atoms with van der Waals surface area (Å²) in [5, 5.41) is 6.98. The third kappa shape index (κ3) is 4.60. The van der Waals surface area contributed by atoms with Crippen LogP contribution in [0.15, 0.2) is 36.5 Å². The molecule has 2 aromatic rings. The number of likely N-dealkylation sites (tertiary alicyclic amines) is 1. The van der Waals surface area contributed by atoms with Crippen LogP contribution in [-0.4, -0.2) is 46.3 Å². The fraction of sp³-hybridized carbons (Fsp3) is 0.474. The number of amides is 1. The Morgan fingerprint density at radius 2 is 2.16 bits per heavy atom.